The predicted molar refractivity (Wildman–Crippen MR) is 197 cm³/mol. The average molecular weight is 778 g/mol. The third-order valence-corrected chi connectivity index (χ3v) is 10.8. The molecule has 298 valence electrons. The number of fused-ring (bicyclic) bond motifs is 5. The van der Waals surface area contributed by atoms with E-state index >= 15 is 0 Å². The molecule has 0 radical (unpaired) electrons. The second kappa shape index (κ2) is 16.7. The van der Waals surface area contributed by atoms with Crippen LogP contribution in [0.15, 0.2) is 35.9 Å². The molecule has 3 heterocycles. The normalized spacial score (nSPS) is 30.6. The lowest BCUT2D eigenvalue weighted by Crippen LogP contribution is -2.63. The SMILES string of the molecule is COc1cc2cc(c1Cl)N(C)C(=O)C[C@H](OC(=O)[C@@H](C)N(C)C(=O)C(C)C)[C@]1(C)O[C@H]1[C@H](C)[C@@H]1C[C@@](O)(NC(=O)O1)[C@H](OC)C=CC=C(C)[C@H]2OC(C)=O. The van der Waals surface area contributed by atoms with Crippen LogP contribution < -0.4 is 15.0 Å². The van der Waals surface area contributed by atoms with Crippen LogP contribution in [0.3, 0.4) is 0 Å². The van der Waals surface area contributed by atoms with Crippen molar-refractivity contribution >= 4 is 47.1 Å². The maximum atomic E-state index is 14.2. The number of likely N-dealkylation sites (N-methyl/N-ethyl adjacent to an activating group) is 1. The van der Waals surface area contributed by atoms with E-state index in [1.807, 2.05) is 0 Å². The molecule has 0 aromatic heterocycles. The van der Waals surface area contributed by atoms with Crippen molar-refractivity contribution in [3.63, 3.8) is 0 Å². The molecular formula is C38H52ClN3O12. The summed E-state index contributed by atoms with van der Waals surface area (Å²) < 4.78 is 34.9. The molecule has 0 unspecified atom stereocenters. The molecule has 3 aliphatic rings. The Balaban J connectivity index is 1.86. The van der Waals surface area contributed by atoms with Gasteiger partial charge in [-0.1, -0.05) is 50.6 Å². The summed E-state index contributed by atoms with van der Waals surface area (Å²) in [5, 5.41) is 14.4. The minimum Gasteiger partial charge on any atom is -0.495 e. The molecule has 1 aromatic carbocycles. The second-order valence-corrected chi connectivity index (χ2v) is 15.0. The summed E-state index contributed by atoms with van der Waals surface area (Å²) in [4.78, 5) is 68.5. The highest BCUT2D eigenvalue weighted by molar-refractivity contribution is 6.35. The number of allylic oxidation sites excluding steroid dienone is 2. The van der Waals surface area contributed by atoms with Gasteiger partial charge in [0.1, 0.15) is 46.8 Å². The number of nitrogens with zero attached hydrogens (tertiary/aromatic N) is 2. The van der Waals surface area contributed by atoms with Crippen LogP contribution in [0.5, 0.6) is 5.75 Å². The van der Waals surface area contributed by atoms with Crippen molar-refractivity contribution in [2.24, 2.45) is 11.8 Å². The van der Waals surface area contributed by atoms with Crippen LogP contribution in [-0.4, -0.2) is 110 Å². The van der Waals surface area contributed by atoms with Gasteiger partial charge in [-0.15, -0.1) is 0 Å². The first kappa shape index (κ1) is 42.6. The first-order valence-corrected chi connectivity index (χ1v) is 18.1. The molecule has 2 fully saturated rings. The van der Waals surface area contributed by atoms with E-state index in [1.54, 1.807) is 65.0 Å². The first-order valence-electron chi connectivity index (χ1n) is 17.7. The van der Waals surface area contributed by atoms with E-state index in [4.69, 9.17) is 40.0 Å². The van der Waals surface area contributed by atoms with Crippen LogP contribution >= 0.6 is 11.6 Å². The topological polar surface area (TPSA) is 183 Å². The molecule has 2 N–H and O–H groups in total. The molecule has 4 bridgehead atoms. The number of halogens is 1. The maximum Gasteiger partial charge on any atom is 0.409 e. The summed E-state index contributed by atoms with van der Waals surface area (Å²) in [6.45, 7) is 11.4. The molecule has 0 aliphatic carbocycles. The van der Waals surface area contributed by atoms with Crippen molar-refractivity contribution < 1.29 is 57.5 Å². The largest absolute Gasteiger partial charge is 0.495 e. The van der Waals surface area contributed by atoms with Crippen molar-refractivity contribution in [3.05, 3.63) is 46.5 Å². The zero-order valence-electron chi connectivity index (χ0n) is 32.6. The Kier molecular flexibility index (Phi) is 13.1. The molecule has 15 nitrogen and oxygen atoms in total. The second-order valence-electron chi connectivity index (χ2n) is 14.6. The molecule has 0 saturated carbocycles. The number of methoxy groups -OCH3 is 2. The number of carbonyl (C=O) groups excluding carboxylic acids is 5. The van der Waals surface area contributed by atoms with Crippen LogP contribution in [0.2, 0.25) is 5.02 Å². The minimum absolute atomic E-state index is 0.0974. The Hall–Kier alpha value is -4.18. The number of epoxide rings is 1. The van der Waals surface area contributed by atoms with Crippen molar-refractivity contribution in [1.82, 2.24) is 10.2 Å². The van der Waals surface area contributed by atoms with Gasteiger partial charge in [0.25, 0.3) is 0 Å². The molecule has 3 aliphatic heterocycles. The molecule has 54 heavy (non-hydrogen) atoms. The van der Waals surface area contributed by atoms with Gasteiger partial charge in [0.15, 0.2) is 5.72 Å². The van der Waals surface area contributed by atoms with Crippen LogP contribution in [-0.2, 0) is 42.9 Å². The van der Waals surface area contributed by atoms with E-state index in [1.165, 1.54) is 52.0 Å². The molecule has 2 saturated heterocycles. The Bertz CT molecular complexity index is 1700. The zero-order chi connectivity index (χ0) is 40.4. The Morgan fingerprint density at radius 3 is 2.41 bits per heavy atom. The van der Waals surface area contributed by atoms with E-state index in [0.29, 0.717) is 11.1 Å². The van der Waals surface area contributed by atoms with Gasteiger partial charge < -0.3 is 43.3 Å². The van der Waals surface area contributed by atoms with Crippen LogP contribution in [0.25, 0.3) is 0 Å². The molecule has 0 spiro atoms. The van der Waals surface area contributed by atoms with E-state index < -0.39 is 84.2 Å². The summed E-state index contributed by atoms with van der Waals surface area (Å²) in [5.41, 5.74) is -2.01. The highest BCUT2D eigenvalue weighted by Crippen LogP contribution is 2.49. The molecule has 4 rings (SSSR count). The maximum absolute atomic E-state index is 14.2. The van der Waals surface area contributed by atoms with Gasteiger partial charge >= 0.3 is 18.0 Å². The Morgan fingerprint density at radius 2 is 1.81 bits per heavy atom. The van der Waals surface area contributed by atoms with E-state index in [9.17, 15) is 29.1 Å². The number of ether oxygens (including phenoxy) is 6. The number of carbonyl (C=O) groups is 5. The average Bonchev–Trinajstić information content (AvgIpc) is 3.81. The molecular weight excluding hydrogens is 726 g/mol. The highest BCUT2D eigenvalue weighted by Gasteiger charge is 2.64. The predicted octanol–water partition coefficient (Wildman–Crippen LogP) is 4.23. The molecule has 9 atom stereocenters. The number of amides is 3. The number of nitrogens with one attached hydrogen (secondary N) is 1. The lowest BCUT2D eigenvalue weighted by atomic mass is 9.83. The van der Waals surface area contributed by atoms with Crippen molar-refractivity contribution in [2.75, 3.05) is 33.2 Å². The van der Waals surface area contributed by atoms with Crippen molar-refractivity contribution in [2.45, 2.75) is 109 Å². The van der Waals surface area contributed by atoms with Gasteiger partial charge in [-0.25, -0.2) is 9.59 Å². The van der Waals surface area contributed by atoms with Crippen molar-refractivity contribution in [3.8, 4) is 5.75 Å². The minimum atomic E-state index is -1.92. The third-order valence-electron chi connectivity index (χ3n) is 10.4. The fourth-order valence-corrected chi connectivity index (χ4v) is 7.21. The number of benzene rings is 1. The van der Waals surface area contributed by atoms with Crippen molar-refractivity contribution in [1.29, 1.82) is 0 Å². The quantitative estimate of drug-likeness (QED) is 0.229. The monoisotopic (exact) mass is 777 g/mol. The number of esters is 2. The summed E-state index contributed by atoms with van der Waals surface area (Å²) >= 11 is 6.78. The summed E-state index contributed by atoms with van der Waals surface area (Å²) in [6.07, 6.45) is -1.43. The number of anilines is 1. The Labute approximate surface area is 320 Å². The standard InChI is InChI=1S/C38H52ClN3O12/c1-19(2)34(45)41(8)22(5)35(46)53-29-17-30(44)42(9)25-15-24(16-26(49-10)31(25)39)32(51-23(6)43)20(3)13-12-14-28(50-11)38(48)18-27(52-36(47)40-38)21(4)33-37(29,7)54-33/h12-16,19,21-22,27-29,32-33,48H,17-18H2,1-11H3,(H,40,47)/t21-,22-,27+,28-,29+,32-,33+,37+,38+/m1/s1. The number of hydrogen-bond donors (Lipinski definition) is 2. The summed E-state index contributed by atoms with van der Waals surface area (Å²) in [5.74, 6) is -2.92. The van der Waals surface area contributed by atoms with Gasteiger partial charge in [0.2, 0.25) is 11.8 Å². The van der Waals surface area contributed by atoms with E-state index in [2.05, 4.69) is 5.32 Å². The number of alkyl carbamates (subject to hydrolysis) is 1. The van der Waals surface area contributed by atoms with E-state index in [-0.39, 0.29) is 34.7 Å². The highest BCUT2D eigenvalue weighted by atomic mass is 35.5. The first-order chi connectivity index (χ1) is 25.2. The van der Waals surface area contributed by atoms with Gasteiger partial charge in [-0.3, -0.25) is 19.7 Å². The third kappa shape index (κ3) is 8.85. The lowest BCUT2D eigenvalue weighted by molar-refractivity contribution is -0.162. The summed E-state index contributed by atoms with van der Waals surface area (Å²) in [7, 11) is 5.78. The summed E-state index contributed by atoms with van der Waals surface area (Å²) in [6, 6.07) is 2.18. The lowest BCUT2D eigenvalue weighted by Gasteiger charge is -2.42. The van der Waals surface area contributed by atoms with Crippen LogP contribution in [0.4, 0.5) is 10.5 Å². The number of hydrogen-bond acceptors (Lipinski definition) is 12. The van der Waals surface area contributed by atoms with Gasteiger partial charge in [-0.05, 0) is 38.5 Å². The number of aliphatic hydroxyl groups is 1. The van der Waals surface area contributed by atoms with Crippen LogP contribution in [0.1, 0.15) is 73.0 Å². The zero-order valence-corrected chi connectivity index (χ0v) is 33.4. The fraction of sp³-hybridized carbons (Fsp3) is 0.605. The van der Waals surface area contributed by atoms with Gasteiger partial charge in [0.05, 0.1) is 25.3 Å². The fourth-order valence-electron chi connectivity index (χ4n) is 6.90. The van der Waals surface area contributed by atoms with Gasteiger partial charge in [0, 0.05) is 51.9 Å². The molecule has 16 heteroatoms. The van der Waals surface area contributed by atoms with Gasteiger partial charge in [-0.2, -0.15) is 0 Å². The smallest absolute Gasteiger partial charge is 0.409 e. The van der Waals surface area contributed by atoms with Crippen LogP contribution in [0, 0.1) is 11.8 Å². The molecule has 1 aromatic rings. The molecule has 3 amide bonds. The Morgan fingerprint density at radius 1 is 1.15 bits per heavy atom. The van der Waals surface area contributed by atoms with E-state index in [0.717, 1.165) is 0 Å². The number of rotatable bonds is 7.